The molecule has 1 fully saturated rings. The van der Waals surface area contributed by atoms with Crippen LogP contribution in [0.2, 0.25) is 0 Å². The number of anilines is 3. The zero-order valence-electron chi connectivity index (χ0n) is 20.4. The first-order chi connectivity index (χ1) is 16.8. The number of hydrogen-bond acceptors (Lipinski definition) is 4. The Balaban J connectivity index is 1.40. The van der Waals surface area contributed by atoms with E-state index in [-0.39, 0.29) is 18.3 Å². The van der Waals surface area contributed by atoms with Crippen LogP contribution in [-0.4, -0.2) is 18.3 Å². The summed E-state index contributed by atoms with van der Waals surface area (Å²) in [7, 11) is -0.385. The quantitative estimate of drug-likeness (QED) is 0.242. The van der Waals surface area contributed by atoms with E-state index in [1.165, 1.54) is 0 Å². The standard InChI is InChI=1S/C30H27BNO3/c1-29(2)30(3,4)35-31(34-29)21-14-16-23(17-15-21)32(22-10-6-5-7-11-22)24-18-19-28-26(20-24)25-12-8-9-13-27(25)33-28/h5-8,10-20H,1-4H3/q+1. The van der Waals surface area contributed by atoms with Gasteiger partial charge in [0.1, 0.15) is 17.7 Å². The molecule has 5 heteroatoms. The van der Waals surface area contributed by atoms with Crippen LogP contribution in [0.5, 0.6) is 0 Å². The number of furan rings is 1. The van der Waals surface area contributed by atoms with Gasteiger partial charge < -0.3 is 18.6 Å². The molecule has 3 aromatic carbocycles. The van der Waals surface area contributed by atoms with Gasteiger partial charge in [-0.2, -0.15) is 0 Å². The Kier molecular flexibility index (Phi) is 4.98. The lowest BCUT2D eigenvalue weighted by molar-refractivity contribution is 0.00578. The smallest absolute Gasteiger partial charge is 0.399 e. The summed E-state index contributed by atoms with van der Waals surface area (Å²) in [5, 5.41) is 1.08. The summed E-state index contributed by atoms with van der Waals surface area (Å²) in [4.78, 5) is 2.25. The third-order valence-corrected chi connectivity index (χ3v) is 7.25. The highest BCUT2D eigenvalue weighted by molar-refractivity contribution is 6.62. The summed E-state index contributed by atoms with van der Waals surface area (Å²) in [6, 6.07) is 25.2. The number of rotatable bonds is 4. The molecule has 2 heterocycles. The predicted molar refractivity (Wildman–Crippen MR) is 143 cm³/mol. The summed E-state index contributed by atoms with van der Waals surface area (Å²) in [6.07, 6.45) is 8.96. The minimum absolute atomic E-state index is 0.368. The minimum Gasteiger partial charge on any atom is -0.399 e. The average molecular weight is 460 g/mol. The van der Waals surface area contributed by atoms with E-state index >= 15 is 0 Å². The molecule has 1 aliphatic carbocycles. The van der Waals surface area contributed by atoms with Crippen molar-refractivity contribution in [3.63, 3.8) is 0 Å². The summed E-state index contributed by atoms with van der Waals surface area (Å²) in [6.45, 7) is 8.30. The molecule has 0 unspecified atom stereocenters. The molecule has 1 saturated heterocycles. The first-order valence-corrected chi connectivity index (χ1v) is 12.0. The molecule has 2 aliphatic rings. The number of hydrogen-bond donors (Lipinski definition) is 0. The third kappa shape index (κ3) is 3.69. The number of para-hydroxylation sites is 1. The summed E-state index contributed by atoms with van der Waals surface area (Å²) in [5.74, 6) is 0.845. The third-order valence-electron chi connectivity index (χ3n) is 7.25. The second kappa shape index (κ2) is 7.96. The molecule has 6 rings (SSSR count). The van der Waals surface area contributed by atoms with Gasteiger partial charge in [-0.25, -0.2) is 0 Å². The van der Waals surface area contributed by atoms with Crippen molar-refractivity contribution in [3.05, 3.63) is 96.3 Å². The van der Waals surface area contributed by atoms with Crippen molar-refractivity contribution in [2.75, 3.05) is 4.90 Å². The van der Waals surface area contributed by atoms with E-state index in [0.717, 1.165) is 44.8 Å². The van der Waals surface area contributed by atoms with Crippen molar-refractivity contribution in [1.29, 1.82) is 0 Å². The van der Waals surface area contributed by atoms with E-state index in [2.05, 4.69) is 105 Å². The molecule has 1 aromatic heterocycles. The van der Waals surface area contributed by atoms with Crippen molar-refractivity contribution < 1.29 is 13.7 Å². The van der Waals surface area contributed by atoms with Crippen LogP contribution in [0.1, 0.15) is 39.0 Å². The second-order valence-corrected chi connectivity index (χ2v) is 10.1. The summed E-state index contributed by atoms with van der Waals surface area (Å²) < 4.78 is 18.5. The van der Waals surface area contributed by atoms with Gasteiger partial charge in [0.25, 0.3) is 0 Å². The predicted octanol–water partition coefficient (Wildman–Crippen LogP) is 7.04. The fourth-order valence-electron chi connectivity index (χ4n) is 4.58. The molecule has 0 atom stereocenters. The van der Waals surface area contributed by atoms with Crippen molar-refractivity contribution in [1.82, 2.24) is 0 Å². The molecule has 1 aliphatic heterocycles. The van der Waals surface area contributed by atoms with Gasteiger partial charge in [-0.15, -0.1) is 0 Å². The van der Waals surface area contributed by atoms with Crippen LogP contribution < -0.4 is 10.4 Å². The van der Waals surface area contributed by atoms with E-state index < -0.39 is 0 Å². The molecule has 0 bridgehead atoms. The van der Waals surface area contributed by atoms with Crippen molar-refractivity contribution in [3.8, 4) is 0 Å². The van der Waals surface area contributed by atoms with Gasteiger partial charge >= 0.3 is 7.12 Å². The fraction of sp³-hybridized carbons (Fsp3) is 0.200. The molecule has 4 nitrogen and oxygen atoms in total. The number of fused-ring (bicyclic) bond motifs is 3. The topological polar surface area (TPSA) is 34.8 Å². The van der Waals surface area contributed by atoms with Crippen molar-refractivity contribution in [2.24, 2.45) is 0 Å². The maximum atomic E-state index is 6.25. The largest absolute Gasteiger partial charge is 0.494 e. The van der Waals surface area contributed by atoms with Crippen LogP contribution in [0.15, 0.2) is 83.3 Å². The van der Waals surface area contributed by atoms with Gasteiger partial charge in [0.2, 0.25) is 5.76 Å². The molecule has 35 heavy (non-hydrogen) atoms. The lowest BCUT2D eigenvalue weighted by Crippen LogP contribution is -2.41. The molecule has 0 saturated carbocycles. The lowest BCUT2D eigenvalue weighted by atomic mass is 9.79. The average Bonchev–Trinajstić information content (AvgIpc) is 3.33. The summed E-state index contributed by atoms with van der Waals surface area (Å²) >= 11 is 0. The van der Waals surface area contributed by atoms with Crippen LogP contribution in [0.3, 0.4) is 0 Å². The van der Waals surface area contributed by atoms with Gasteiger partial charge in [-0.05, 0) is 75.6 Å². The minimum atomic E-state index is -0.385. The van der Waals surface area contributed by atoms with Crippen LogP contribution >= 0.6 is 0 Å². The van der Waals surface area contributed by atoms with Crippen molar-refractivity contribution >= 4 is 52.8 Å². The Morgan fingerprint density at radius 3 is 2.14 bits per heavy atom. The fourth-order valence-corrected chi connectivity index (χ4v) is 4.58. The Hall–Kier alpha value is -3.63. The van der Waals surface area contributed by atoms with Gasteiger partial charge in [0.05, 0.1) is 22.7 Å². The first-order valence-electron chi connectivity index (χ1n) is 12.0. The zero-order valence-corrected chi connectivity index (χ0v) is 20.4. The Morgan fingerprint density at radius 1 is 0.771 bits per heavy atom. The normalized spacial score (nSPS) is 17.4. The van der Waals surface area contributed by atoms with E-state index in [0.29, 0.717) is 0 Å². The molecule has 0 radical (unpaired) electrons. The second-order valence-electron chi connectivity index (χ2n) is 10.1. The van der Waals surface area contributed by atoms with Crippen molar-refractivity contribution in [2.45, 2.75) is 38.9 Å². The molecular weight excluding hydrogens is 433 g/mol. The molecule has 0 spiro atoms. The van der Waals surface area contributed by atoms with E-state index in [1.807, 2.05) is 24.3 Å². The zero-order chi connectivity index (χ0) is 24.2. The van der Waals surface area contributed by atoms with Crippen LogP contribution in [-0.2, 0) is 9.31 Å². The van der Waals surface area contributed by atoms with E-state index in [9.17, 15) is 0 Å². The highest BCUT2D eigenvalue weighted by Crippen LogP contribution is 2.39. The Labute approximate surface area is 206 Å². The number of benzene rings is 3. The highest BCUT2D eigenvalue weighted by Gasteiger charge is 2.51. The number of allylic oxidation sites excluding steroid dienone is 2. The van der Waals surface area contributed by atoms with E-state index in [1.54, 1.807) is 0 Å². The number of nitrogens with zero attached hydrogens (tertiary/aromatic N) is 1. The van der Waals surface area contributed by atoms with Gasteiger partial charge in [0, 0.05) is 23.1 Å². The molecule has 4 aromatic rings. The Morgan fingerprint density at radius 2 is 1.43 bits per heavy atom. The summed E-state index contributed by atoms with van der Waals surface area (Å²) in [5.41, 5.74) is 5.42. The van der Waals surface area contributed by atoms with Gasteiger partial charge in [-0.1, -0.05) is 30.3 Å². The molecule has 0 amide bonds. The first kappa shape index (κ1) is 21.9. The van der Waals surface area contributed by atoms with Gasteiger partial charge in [-0.3, -0.25) is 0 Å². The molecular formula is C30H27BNO3+. The molecule has 0 N–H and O–H groups in total. The van der Waals surface area contributed by atoms with Gasteiger partial charge in [0.15, 0.2) is 5.58 Å². The van der Waals surface area contributed by atoms with Crippen LogP contribution in [0.25, 0.3) is 23.1 Å². The maximum absolute atomic E-state index is 6.25. The maximum Gasteiger partial charge on any atom is 0.494 e. The van der Waals surface area contributed by atoms with Crippen LogP contribution in [0, 0.1) is 6.08 Å². The SMILES string of the molecule is CC1(C)OB(c2ccc(N(c3ccccc3)c3ccc4oc5c(c4c3)C=C[C+]=C5)cc2)OC1(C)C. The lowest BCUT2D eigenvalue weighted by Gasteiger charge is -2.32. The van der Waals surface area contributed by atoms with E-state index in [4.69, 9.17) is 13.7 Å². The highest BCUT2D eigenvalue weighted by atomic mass is 16.7. The Bertz CT molecular complexity index is 1430. The monoisotopic (exact) mass is 460 g/mol. The molecule has 172 valence electrons. The van der Waals surface area contributed by atoms with Crippen LogP contribution in [0.4, 0.5) is 17.1 Å².